The second-order valence-corrected chi connectivity index (χ2v) is 11.1. The Labute approximate surface area is 191 Å². The summed E-state index contributed by atoms with van der Waals surface area (Å²) in [6, 6.07) is 11.1. The van der Waals surface area contributed by atoms with Crippen molar-refractivity contribution in [2.75, 3.05) is 0 Å². The Morgan fingerprint density at radius 3 is 1.65 bits per heavy atom. The van der Waals surface area contributed by atoms with Gasteiger partial charge in [-0.15, -0.1) is 0 Å². The fourth-order valence-corrected chi connectivity index (χ4v) is 7.32. The van der Waals surface area contributed by atoms with Gasteiger partial charge in [-0.05, 0) is 55.4 Å². The molecule has 2 nitrogen and oxygen atoms in total. The van der Waals surface area contributed by atoms with Crippen LogP contribution in [0.4, 0.5) is 0 Å². The van der Waals surface area contributed by atoms with Gasteiger partial charge < -0.3 is 9.31 Å². The van der Waals surface area contributed by atoms with Crippen molar-refractivity contribution in [3.05, 3.63) is 35.9 Å². The molecule has 1 saturated heterocycles. The van der Waals surface area contributed by atoms with Crippen LogP contribution in [0.2, 0.25) is 5.82 Å². The molecule has 31 heavy (non-hydrogen) atoms. The van der Waals surface area contributed by atoms with Crippen LogP contribution in [0.3, 0.4) is 0 Å². The maximum Gasteiger partial charge on any atom is 0.461 e. The van der Waals surface area contributed by atoms with Crippen LogP contribution in [0.5, 0.6) is 0 Å². The summed E-state index contributed by atoms with van der Waals surface area (Å²) in [5.74, 6) is 2.74. The highest BCUT2D eigenvalue weighted by Gasteiger charge is 2.51. The zero-order valence-corrected chi connectivity index (χ0v) is 19.6. The van der Waals surface area contributed by atoms with Crippen LogP contribution in [0, 0.1) is 17.8 Å². The van der Waals surface area contributed by atoms with Gasteiger partial charge in [0.15, 0.2) is 0 Å². The Balaban J connectivity index is 1.36. The maximum absolute atomic E-state index is 7.03. The first-order chi connectivity index (χ1) is 15.4. The van der Waals surface area contributed by atoms with Crippen LogP contribution in [0.15, 0.2) is 30.3 Å². The van der Waals surface area contributed by atoms with Crippen LogP contribution in [-0.4, -0.2) is 19.3 Å². The zero-order chi connectivity index (χ0) is 20.9. The van der Waals surface area contributed by atoms with Gasteiger partial charge in [-0.2, -0.15) is 0 Å². The first-order valence-corrected chi connectivity index (χ1v) is 13.7. The maximum atomic E-state index is 7.03. The minimum Gasteiger partial charge on any atom is -0.405 e. The largest absolute Gasteiger partial charge is 0.461 e. The molecule has 3 saturated carbocycles. The van der Waals surface area contributed by atoms with E-state index in [1.54, 1.807) is 0 Å². The standard InChI is InChI=1S/C28H43BO2/c1-5-13-22(14-6-1)21-26(23-15-7-2-8-16-23)29-30-27(24-17-9-3-10-18-24)28(31-29)25-19-11-4-12-20-25/h1,5-6,13-14,23-28H,2-4,7-12,15-21H2/t26-,27-,28-/m1/s1. The summed E-state index contributed by atoms with van der Waals surface area (Å²) >= 11 is 0. The Morgan fingerprint density at radius 1 is 0.645 bits per heavy atom. The SMILES string of the molecule is c1ccc(C[C@@H](B2O[C@H](C3CCCCC3)[C@@H](C3CCCCC3)O2)C2CCCCC2)cc1. The molecule has 1 aliphatic heterocycles. The molecule has 0 radical (unpaired) electrons. The fourth-order valence-electron chi connectivity index (χ4n) is 7.32. The Hall–Kier alpha value is -0.795. The summed E-state index contributed by atoms with van der Waals surface area (Å²) in [5.41, 5.74) is 1.46. The molecule has 3 aliphatic carbocycles. The molecule has 5 rings (SSSR count). The van der Waals surface area contributed by atoms with Gasteiger partial charge in [0, 0.05) is 5.82 Å². The third kappa shape index (κ3) is 5.41. The summed E-state index contributed by atoms with van der Waals surface area (Å²) in [6.45, 7) is 0. The van der Waals surface area contributed by atoms with E-state index >= 15 is 0 Å². The van der Waals surface area contributed by atoms with Crippen molar-refractivity contribution in [1.82, 2.24) is 0 Å². The lowest BCUT2D eigenvalue weighted by atomic mass is 9.59. The molecule has 1 heterocycles. The summed E-state index contributed by atoms with van der Waals surface area (Å²) in [6.07, 6.45) is 22.6. The van der Waals surface area contributed by atoms with E-state index in [1.807, 2.05) is 0 Å². The second-order valence-electron chi connectivity index (χ2n) is 11.1. The monoisotopic (exact) mass is 422 g/mol. The minimum atomic E-state index is 0.0159. The number of benzene rings is 1. The molecule has 0 amide bonds. The predicted octanol–water partition coefficient (Wildman–Crippen LogP) is 7.61. The van der Waals surface area contributed by atoms with E-state index in [1.165, 1.54) is 102 Å². The Morgan fingerprint density at radius 2 is 1.13 bits per heavy atom. The first-order valence-electron chi connectivity index (χ1n) is 13.7. The van der Waals surface area contributed by atoms with E-state index in [4.69, 9.17) is 9.31 Å². The molecular weight excluding hydrogens is 379 g/mol. The van der Waals surface area contributed by atoms with Crippen LogP contribution in [0.1, 0.15) is 102 Å². The molecule has 3 atom stereocenters. The van der Waals surface area contributed by atoms with Crippen LogP contribution in [0.25, 0.3) is 0 Å². The third-order valence-electron chi connectivity index (χ3n) is 9.05. The van der Waals surface area contributed by atoms with Crippen molar-refractivity contribution >= 4 is 7.12 Å². The van der Waals surface area contributed by atoms with E-state index in [0.717, 1.165) is 24.2 Å². The van der Waals surface area contributed by atoms with Crippen LogP contribution >= 0.6 is 0 Å². The summed E-state index contributed by atoms with van der Waals surface area (Å²) in [4.78, 5) is 0. The third-order valence-corrected chi connectivity index (χ3v) is 9.05. The average Bonchev–Trinajstić information content (AvgIpc) is 3.30. The normalized spacial score (nSPS) is 30.5. The predicted molar refractivity (Wildman–Crippen MR) is 129 cm³/mol. The fraction of sp³-hybridized carbons (Fsp3) is 0.786. The lowest BCUT2D eigenvalue weighted by Gasteiger charge is -2.35. The number of hydrogen-bond acceptors (Lipinski definition) is 2. The lowest BCUT2D eigenvalue weighted by Crippen LogP contribution is -2.38. The topological polar surface area (TPSA) is 18.5 Å². The lowest BCUT2D eigenvalue weighted by molar-refractivity contribution is 0.0324. The van der Waals surface area contributed by atoms with E-state index in [2.05, 4.69) is 30.3 Å². The second kappa shape index (κ2) is 10.9. The van der Waals surface area contributed by atoms with Crippen molar-refractivity contribution in [3.63, 3.8) is 0 Å². The number of hydrogen-bond donors (Lipinski definition) is 0. The van der Waals surface area contributed by atoms with Gasteiger partial charge in [-0.25, -0.2) is 0 Å². The van der Waals surface area contributed by atoms with Crippen molar-refractivity contribution in [2.24, 2.45) is 17.8 Å². The first kappa shape index (κ1) is 22.0. The van der Waals surface area contributed by atoms with Crippen molar-refractivity contribution in [2.45, 2.75) is 121 Å². The molecule has 0 unspecified atom stereocenters. The van der Waals surface area contributed by atoms with E-state index in [0.29, 0.717) is 18.0 Å². The van der Waals surface area contributed by atoms with Gasteiger partial charge in [0.1, 0.15) is 0 Å². The summed E-state index contributed by atoms with van der Waals surface area (Å²) in [5, 5.41) is 0. The summed E-state index contributed by atoms with van der Waals surface area (Å²) < 4.78 is 14.1. The Bertz CT molecular complexity index is 620. The van der Waals surface area contributed by atoms with Crippen molar-refractivity contribution in [1.29, 1.82) is 0 Å². The molecule has 0 N–H and O–H groups in total. The summed E-state index contributed by atoms with van der Waals surface area (Å²) in [7, 11) is 0.0159. The number of rotatable bonds is 6. The highest BCUT2D eigenvalue weighted by Crippen LogP contribution is 2.46. The van der Waals surface area contributed by atoms with E-state index in [9.17, 15) is 0 Å². The smallest absolute Gasteiger partial charge is 0.405 e. The highest BCUT2D eigenvalue weighted by molar-refractivity contribution is 6.47. The molecule has 4 aliphatic rings. The van der Waals surface area contributed by atoms with E-state index < -0.39 is 0 Å². The molecule has 170 valence electrons. The van der Waals surface area contributed by atoms with Gasteiger partial charge in [-0.3, -0.25) is 0 Å². The van der Waals surface area contributed by atoms with Gasteiger partial charge in [0.25, 0.3) is 0 Å². The highest BCUT2D eigenvalue weighted by atomic mass is 16.7. The molecular formula is C28H43BO2. The van der Waals surface area contributed by atoms with Crippen molar-refractivity contribution in [3.8, 4) is 0 Å². The quantitative estimate of drug-likeness (QED) is 0.439. The Kier molecular flexibility index (Phi) is 7.73. The molecule has 1 aromatic carbocycles. The van der Waals surface area contributed by atoms with Crippen LogP contribution in [-0.2, 0) is 15.7 Å². The molecule has 4 fully saturated rings. The van der Waals surface area contributed by atoms with E-state index in [-0.39, 0.29) is 7.12 Å². The van der Waals surface area contributed by atoms with Gasteiger partial charge in [0.2, 0.25) is 0 Å². The molecule has 3 heteroatoms. The van der Waals surface area contributed by atoms with Crippen molar-refractivity contribution < 1.29 is 9.31 Å². The van der Waals surface area contributed by atoms with Crippen LogP contribution < -0.4 is 0 Å². The molecule has 0 aromatic heterocycles. The van der Waals surface area contributed by atoms with Gasteiger partial charge in [0.05, 0.1) is 12.2 Å². The average molecular weight is 422 g/mol. The van der Waals surface area contributed by atoms with Gasteiger partial charge in [-0.1, -0.05) is 101 Å². The van der Waals surface area contributed by atoms with Gasteiger partial charge >= 0.3 is 7.12 Å². The zero-order valence-electron chi connectivity index (χ0n) is 19.6. The molecule has 0 bridgehead atoms. The molecule has 1 aromatic rings. The molecule has 0 spiro atoms. The minimum absolute atomic E-state index is 0.0159.